The minimum atomic E-state index is -0.457. The van der Waals surface area contributed by atoms with E-state index in [1.54, 1.807) is 41.3 Å². The van der Waals surface area contributed by atoms with Crippen molar-refractivity contribution in [1.29, 1.82) is 0 Å². The summed E-state index contributed by atoms with van der Waals surface area (Å²) in [5.41, 5.74) is 1.94. The third-order valence-corrected chi connectivity index (χ3v) is 4.12. The van der Waals surface area contributed by atoms with Crippen LogP contribution >= 0.6 is 23.2 Å². The molecule has 0 radical (unpaired) electrons. The van der Waals surface area contributed by atoms with E-state index in [0.29, 0.717) is 27.9 Å². The number of non-ortho nitro benzene ring substituents is 1. The number of hydrogen-bond donors (Lipinski definition) is 0. The number of nitrogens with zero attached hydrogens (tertiary/aromatic N) is 5. The first-order valence-electron chi connectivity index (χ1n) is 7.73. The molecule has 0 aliphatic carbocycles. The summed E-state index contributed by atoms with van der Waals surface area (Å²) in [6.45, 7) is 0.436. The summed E-state index contributed by atoms with van der Waals surface area (Å²) >= 11 is 12.2. The van der Waals surface area contributed by atoms with Crippen LogP contribution in [-0.4, -0.2) is 25.4 Å². The second-order valence-electron chi connectivity index (χ2n) is 5.45. The topological polar surface area (TPSA) is 95.4 Å². The molecule has 0 bridgehead atoms. The smallest absolute Gasteiger partial charge is 0.269 e. The fourth-order valence-electron chi connectivity index (χ4n) is 2.25. The standard InChI is InChI=1S/C17H13Cl2N5O3/c18-13-3-6-15(16(19)7-13)17(8-23-11-20-10-21-23)22-27-9-12-1-4-14(5-2-12)24(25)26/h1-7,10-11H,8-9H2. The quantitative estimate of drug-likeness (QED) is 0.334. The zero-order valence-corrected chi connectivity index (χ0v) is 15.3. The molecule has 0 saturated heterocycles. The van der Waals surface area contributed by atoms with Gasteiger partial charge in [0.05, 0.1) is 16.5 Å². The van der Waals surface area contributed by atoms with Crippen molar-refractivity contribution in [3.05, 3.63) is 86.4 Å². The molecule has 0 aliphatic heterocycles. The van der Waals surface area contributed by atoms with Crippen molar-refractivity contribution in [2.45, 2.75) is 13.2 Å². The number of nitro groups is 1. The first kappa shape index (κ1) is 18.8. The van der Waals surface area contributed by atoms with Gasteiger partial charge in [-0.25, -0.2) is 9.67 Å². The van der Waals surface area contributed by atoms with Gasteiger partial charge >= 0.3 is 0 Å². The third-order valence-electron chi connectivity index (χ3n) is 3.57. The zero-order valence-electron chi connectivity index (χ0n) is 13.8. The van der Waals surface area contributed by atoms with E-state index in [1.807, 2.05) is 0 Å². The molecule has 138 valence electrons. The van der Waals surface area contributed by atoms with Gasteiger partial charge in [0.25, 0.3) is 5.69 Å². The molecule has 0 fully saturated rings. The zero-order chi connectivity index (χ0) is 19.2. The van der Waals surface area contributed by atoms with Crippen LogP contribution < -0.4 is 0 Å². The minimum absolute atomic E-state index is 0.0158. The molecule has 10 heteroatoms. The lowest BCUT2D eigenvalue weighted by molar-refractivity contribution is -0.384. The molecule has 1 aromatic heterocycles. The highest BCUT2D eigenvalue weighted by atomic mass is 35.5. The number of hydrogen-bond acceptors (Lipinski definition) is 6. The lowest BCUT2D eigenvalue weighted by Gasteiger charge is -2.09. The van der Waals surface area contributed by atoms with Crippen molar-refractivity contribution in [3.63, 3.8) is 0 Å². The number of rotatable bonds is 7. The molecule has 0 aliphatic rings. The van der Waals surface area contributed by atoms with E-state index in [-0.39, 0.29) is 12.3 Å². The average Bonchev–Trinajstić information content (AvgIpc) is 3.14. The highest BCUT2D eigenvalue weighted by Crippen LogP contribution is 2.22. The van der Waals surface area contributed by atoms with Gasteiger partial charge in [0.15, 0.2) is 0 Å². The second-order valence-corrected chi connectivity index (χ2v) is 6.30. The Labute approximate surface area is 164 Å². The van der Waals surface area contributed by atoms with Crippen LogP contribution in [-0.2, 0) is 18.0 Å². The van der Waals surface area contributed by atoms with E-state index in [9.17, 15) is 10.1 Å². The molecule has 0 amide bonds. The van der Waals surface area contributed by atoms with Gasteiger partial charge in [-0.15, -0.1) is 0 Å². The maximum atomic E-state index is 10.7. The van der Waals surface area contributed by atoms with Crippen molar-refractivity contribution in [2.24, 2.45) is 5.16 Å². The predicted molar refractivity (Wildman–Crippen MR) is 101 cm³/mol. The molecule has 3 rings (SSSR count). The summed E-state index contributed by atoms with van der Waals surface area (Å²) < 4.78 is 1.58. The molecule has 3 aromatic rings. The Bertz CT molecular complexity index is 959. The van der Waals surface area contributed by atoms with Crippen LogP contribution in [0.2, 0.25) is 10.0 Å². The van der Waals surface area contributed by atoms with Gasteiger partial charge in [-0.2, -0.15) is 5.10 Å². The van der Waals surface area contributed by atoms with Gasteiger partial charge in [-0.1, -0.05) is 28.4 Å². The van der Waals surface area contributed by atoms with Gasteiger partial charge < -0.3 is 4.84 Å². The molecule has 1 heterocycles. The molecular weight excluding hydrogens is 393 g/mol. The highest BCUT2D eigenvalue weighted by molar-refractivity contribution is 6.37. The van der Waals surface area contributed by atoms with Crippen LogP contribution in [0, 0.1) is 10.1 Å². The fourth-order valence-corrected chi connectivity index (χ4v) is 2.77. The van der Waals surface area contributed by atoms with Crippen LogP contribution in [0.1, 0.15) is 11.1 Å². The predicted octanol–water partition coefficient (Wildman–Crippen LogP) is 4.11. The monoisotopic (exact) mass is 405 g/mol. The molecule has 0 saturated carbocycles. The average molecular weight is 406 g/mol. The van der Waals surface area contributed by atoms with E-state index in [1.165, 1.54) is 18.5 Å². The van der Waals surface area contributed by atoms with Crippen LogP contribution in [0.3, 0.4) is 0 Å². The Morgan fingerprint density at radius 1 is 1.22 bits per heavy atom. The molecule has 27 heavy (non-hydrogen) atoms. The largest absolute Gasteiger partial charge is 0.391 e. The van der Waals surface area contributed by atoms with E-state index in [4.69, 9.17) is 28.0 Å². The van der Waals surface area contributed by atoms with Crippen molar-refractivity contribution >= 4 is 34.6 Å². The Morgan fingerprint density at radius 3 is 2.63 bits per heavy atom. The van der Waals surface area contributed by atoms with E-state index < -0.39 is 4.92 Å². The number of nitro benzene ring substituents is 1. The van der Waals surface area contributed by atoms with E-state index >= 15 is 0 Å². The van der Waals surface area contributed by atoms with Crippen LogP contribution in [0.5, 0.6) is 0 Å². The van der Waals surface area contributed by atoms with Crippen LogP contribution in [0.15, 0.2) is 60.3 Å². The molecule has 8 nitrogen and oxygen atoms in total. The number of halogens is 2. The minimum Gasteiger partial charge on any atom is -0.391 e. The summed E-state index contributed by atoms with van der Waals surface area (Å²) in [5, 5.41) is 19.9. The van der Waals surface area contributed by atoms with Crippen molar-refractivity contribution in [1.82, 2.24) is 14.8 Å². The van der Waals surface area contributed by atoms with Crippen molar-refractivity contribution in [3.8, 4) is 0 Å². The Hall–Kier alpha value is -2.97. The summed E-state index contributed by atoms with van der Waals surface area (Å²) in [7, 11) is 0. The first-order valence-corrected chi connectivity index (χ1v) is 8.48. The summed E-state index contributed by atoms with van der Waals surface area (Å²) in [6.07, 6.45) is 2.97. The van der Waals surface area contributed by atoms with Gasteiger partial charge in [0.2, 0.25) is 0 Å². The number of benzene rings is 2. The SMILES string of the molecule is O=[N+]([O-])c1ccc(CON=C(Cn2cncn2)c2ccc(Cl)cc2Cl)cc1. The summed E-state index contributed by atoms with van der Waals surface area (Å²) in [5.74, 6) is 0. The first-order chi connectivity index (χ1) is 13.0. The van der Waals surface area contributed by atoms with E-state index in [0.717, 1.165) is 5.56 Å². The molecule has 0 unspecified atom stereocenters. The summed E-state index contributed by atoms with van der Waals surface area (Å²) in [4.78, 5) is 19.6. The van der Waals surface area contributed by atoms with Crippen molar-refractivity contribution < 1.29 is 9.76 Å². The van der Waals surface area contributed by atoms with Gasteiger partial charge in [-0.3, -0.25) is 10.1 Å². The molecule has 0 atom stereocenters. The van der Waals surface area contributed by atoms with Crippen LogP contribution in [0.4, 0.5) is 5.69 Å². The number of oxime groups is 1. The van der Waals surface area contributed by atoms with Crippen molar-refractivity contribution in [2.75, 3.05) is 0 Å². The Kier molecular flexibility index (Phi) is 6.00. The Morgan fingerprint density at radius 2 is 2.00 bits per heavy atom. The third kappa shape index (κ3) is 5.02. The maximum Gasteiger partial charge on any atom is 0.269 e. The highest BCUT2D eigenvalue weighted by Gasteiger charge is 2.12. The van der Waals surface area contributed by atoms with Gasteiger partial charge in [-0.05, 0) is 35.9 Å². The molecular formula is C17H13Cl2N5O3. The lowest BCUT2D eigenvalue weighted by Crippen LogP contribution is -2.13. The van der Waals surface area contributed by atoms with Crippen LogP contribution in [0.25, 0.3) is 0 Å². The molecule has 2 aromatic carbocycles. The maximum absolute atomic E-state index is 10.7. The normalized spacial score (nSPS) is 11.4. The van der Waals surface area contributed by atoms with Gasteiger partial charge in [0.1, 0.15) is 25.0 Å². The Balaban J connectivity index is 1.78. The van der Waals surface area contributed by atoms with E-state index in [2.05, 4.69) is 15.2 Å². The second kappa shape index (κ2) is 8.61. The lowest BCUT2D eigenvalue weighted by atomic mass is 10.1. The summed E-state index contributed by atoms with van der Waals surface area (Å²) in [6, 6.07) is 11.1. The molecule has 0 N–H and O–H groups in total. The van der Waals surface area contributed by atoms with Gasteiger partial charge in [0, 0.05) is 22.7 Å². The fraction of sp³-hybridized carbons (Fsp3) is 0.118. The molecule has 0 spiro atoms. The number of aromatic nitrogens is 3.